The van der Waals surface area contributed by atoms with E-state index in [0.717, 1.165) is 0 Å². The highest BCUT2D eigenvalue weighted by Crippen LogP contribution is 2.36. The molecule has 1 aliphatic rings. The number of rotatable bonds is 2. The van der Waals surface area contributed by atoms with E-state index in [-0.39, 0.29) is 24.4 Å². The van der Waals surface area contributed by atoms with Gasteiger partial charge in [-0.1, -0.05) is 0 Å². The average Bonchev–Trinajstić information content (AvgIpc) is 2.94. The van der Waals surface area contributed by atoms with Gasteiger partial charge in [0, 0.05) is 12.5 Å². The SMILES string of the molecule is Nc1ncnc2c1ncn2[C@H]1C[C@@H](CO)[C@@H](O)[C@@H]1O. The highest BCUT2D eigenvalue weighted by Gasteiger charge is 2.42. The molecule has 8 heteroatoms. The fourth-order valence-corrected chi connectivity index (χ4v) is 2.67. The molecule has 0 radical (unpaired) electrons. The van der Waals surface area contributed by atoms with Gasteiger partial charge in [0.2, 0.25) is 0 Å². The van der Waals surface area contributed by atoms with Gasteiger partial charge in [-0.05, 0) is 6.42 Å². The zero-order valence-electron chi connectivity index (χ0n) is 10.1. The number of nitrogens with two attached hydrogens (primary N) is 1. The number of nitrogens with zero attached hydrogens (tertiary/aromatic N) is 4. The van der Waals surface area contributed by atoms with Gasteiger partial charge < -0.3 is 25.6 Å². The number of aliphatic hydroxyl groups excluding tert-OH is 3. The summed E-state index contributed by atoms with van der Waals surface area (Å²) >= 11 is 0. The predicted molar refractivity (Wildman–Crippen MR) is 66.0 cm³/mol. The number of hydrogen-bond donors (Lipinski definition) is 4. The second-order valence-electron chi connectivity index (χ2n) is 4.81. The lowest BCUT2D eigenvalue weighted by Crippen LogP contribution is -2.30. The third-order valence-electron chi connectivity index (χ3n) is 3.75. The number of aliphatic hydroxyl groups is 3. The fourth-order valence-electron chi connectivity index (χ4n) is 2.67. The van der Waals surface area contributed by atoms with Crippen molar-refractivity contribution >= 4 is 17.0 Å². The molecule has 102 valence electrons. The molecule has 19 heavy (non-hydrogen) atoms. The lowest BCUT2D eigenvalue weighted by atomic mass is 10.1. The molecule has 1 saturated carbocycles. The molecule has 0 saturated heterocycles. The molecule has 2 aromatic rings. The van der Waals surface area contributed by atoms with Crippen molar-refractivity contribution < 1.29 is 15.3 Å². The van der Waals surface area contributed by atoms with E-state index in [0.29, 0.717) is 17.6 Å². The van der Waals surface area contributed by atoms with Crippen LogP contribution in [0.25, 0.3) is 11.2 Å². The Morgan fingerprint density at radius 2 is 2.05 bits per heavy atom. The third kappa shape index (κ3) is 1.76. The van der Waals surface area contributed by atoms with E-state index < -0.39 is 12.2 Å². The summed E-state index contributed by atoms with van der Waals surface area (Å²) in [5.74, 6) is -0.0767. The van der Waals surface area contributed by atoms with Gasteiger partial charge in [0.25, 0.3) is 0 Å². The molecular formula is C11H15N5O3. The van der Waals surface area contributed by atoms with Crippen LogP contribution in [0.4, 0.5) is 5.82 Å². The first-order valence-electron chi connectivity index (χ1n) is 6.03. The summed E-state index contributed by atoms with van der Waals surface area (Å²) in [5.41, 5.74) is 6.69. The first-order chi connectivity index (χ1) is 9.13. The summed E-state index contributed by atoms with van der Waals surface area (Å²) in [6, 6.07) is -0.383. The molecule has 2 aromatic heterocycles. The minimum atomic E-state index is -0.967. The Morgan fingerprint density at radius 1 is 1.26 bits per heavy atom. The van der Waals surface area contributed by atoms with Gasteiger partial charge in [-0.3, -0.25) is 0 Å². The zero-order valence-corrected chi connectivity index (χ0v) is 10.1. The molecule has 0 unspecified atom stereocenters. The summed E-state index contributed by atoms with van der Waals surface area (Å²) < 4.78 is 1.68. The molecule has 0 amide bonds. The minimum absolute atomic E-state index is 0.168. The van der Waals surface area contributed by atoms with Crippen molar-refractivity contribution in [2.24, 2.45) is 5.92 Å². The van der Waals surface area contributed by atoms with Crippen molar-refractivity contribution in [1.29, 1.82) is 0 Å². The van der Waals surface area contributed by atoms with Gasteiger partial charge >= 0.3 is 0 Å². The second kappa shape index (κ2) is 4.41. The molecule has 8 nitrogen and oxygen atoms in total. The van der Waals surface area contributed by atoms with Crippen LogP contribution in [-0.4, -0.2) is 53.7 Å². The Bertz CT molecular complexity index is 601. The normalized spacial score (nSPS) is 31.1. The van der Waals surface area contributed by atoms with Gasteiger partial charge in [0.15, 0.2) is 11.5 Å². The van der Waals surface area contributed by atoms with E-state index >= 15 is 0 Å². The van der Waals surface area contributed by atoms with Crippen LogP contribution < -0.4 is 5.73 Å². The maximum atomic E-state index is 10.1. The Balaban J connectivity index is 2.04. The van der Waals surface area contributed by atoms with Crippen molar-refractivity contribution in [3.8, 4) is 0 Å². The lowest BCUT2D eigenvalue weighted by molar-refractivity contribution is -0.00370. The standard InChI is InChI=1S/C11H15N5O3/c12-10-7-11(14-3-13-10)16(4-15-7)6-1-5(2-17)8(18)9(6)19/h3-6,8-9,17-19H,1-2H2,(H2,12,13,14)/t5-,6-,8+,9+/m0/s1. The molecular weight excluding hydrogens is 250 g/mol. The van der Waals surface area contributed by atoms with Crippen LogP contribution in [0.2, 0.25) is 0 Å². The van der Waals surface area contributed by atoms with Gasteiger partial charge in [0.1, 0.15) is 17.9 Å². The Kier molecular flexibility index (Phi) is 2.85. The molecule has 4 atom stereocenters. The summed E-state index contributed by atoms with van der Waals surface area (Å²) in [5, 5.41) is 29.1. The smallest absolute Gasteiger partial charge is 0.165 e. The fraction of sp³-hybridized carbons (Fsp3) is 0.545. The van der Waals surface area contributed by atoms with Crippen LogP contribution in [0.15, 0.2) is 12.7 Å². The molecule has 5 N–H and O–H groups in total. The number of fused-ring (bicyclic) bond motifs is 1. The quantitative estimate of drug-likeness (QED) is 0.530. The highest BCUT2D eigenvalue weighted by molar-refractivity contribution is 5.81. The van der Waals surface area contributed by atoms with Gasteiger partial charge in [-0.15, -0.1) is 0 Å². The molecule has 2 heterocycles. The maximum absolute atomic E-state index is 10.1. The molecule has 0 aliphatic heterocycles. The van der Waals surface area contributed by atoms with Gasteiger partial charge in [-0.25, -0.2) is 15.0 Å². The zero-order chi connectivity index (χ0) is 13.6. The average molecular weight is 265 g/mol. The summed E-state index contributed by atoms with van der Waals surface area (Å²) in [6.07, 6.45) is 1.39. The van der Waals surface area contributed by atoms with Crippen molar-refractivity contribution in [3.63, 3.8) is 0 Å². The molecule has 1 fully saturated rings. The second-order valence-corrected chi connectivity index (χ2v) is 4.81. The topological polar surface area (TPSA) is 130 Å². The van der Waals surface area contributed by atoms with E-state index in [1.807, 2.05) is 0 Å². The Hall–Kier alpha value is -1.77. The minimum Gasteiger partial charge on any atom is -0.396 e. The lowest BCUT2D eigenvalue weighted by Gasteiger charge is -2.18. The molecule has 0 spiro atoms. The van der Waals surface area contributed by atoms with E-state index in [1.165, 1.54) is 12.7 Å². The van der Waals surface area contributed by atoms with Crippen molar-refractivity contribution in [2.75, 3.05) is 12.3 Å². The predicted octanol–water partition coefficient (Wildman–Crippen LogP) is -1.32. The van der Waals surface area contributed by atoms with Crippen molar-refractivity contribution in [1.82, 2.24) is 19.5 Å². The van der Waals surface area contributed by atoms with Crippen molar-refractivity contribution in [2.45, 2.75) is 24.7 Å². The van der Waals surface area contributed by atoms with Gasteiger partial charge in [-0.2, -0.15) is 0 Å². The van der Waals surface area contributed by atoms with Crippen LogP contribution in [0.5, 0.6) is 0 Å². The van der Waals surface area contributed by atoms with Gasteiger partial charge in [0.05, 0.1) is 18.5 Å². The Labute approximate surface area is 108 Å². The number of nitrogen functional groups attached to an aromatic ring is 1. The van der Waals surface area contributed by atoms with E-state index in [1.54, 1.807) is 4.57 Å². The van der Waals surface area contributed by atoms with Crippen molar-refractivity contribution in [3.05, 3.63) is 12.7 Å². The number of hydrogen-bond acceptors (Lipinski definition) is 7. The number of aromatic nitrogens is 4. The molecule has 1 aliphatic carbocycles. The number of anilines is 1. The highest BCUT2D eigenvalue weighted by atomic mass is 16.3. The summed E-state index contributed by atoms with van der Waals surface area (Å²) in [4.78, 5) is 12.1. The Morgan fingerprint density at radius 3 is 2.74 bits per heavy atom. The largest absolute Gasteiger partial charge is 0.396 e. The molecule has 0 aromatic carbocycles. The first kappa shape index (κ1) is 12.3. The van der Waals surface area contributed by atoms with Crippen LogP contribution in [0.3, 0.4) is 0 Å². The number of imidazole rings is 1. The molecule has 3 rings (SSSR count). The summed E-state index contributed by atoms with van der Waals surface area (Å²) in [7, 11) is 0. The molecule has 0 bridgehead atoms. The van der Waals surface area contributed by atoms with E-state index in [9.17, 15) is 15.3 Å². The van der Waals surface area contributed by atoms with E-state index in [2.05, 4.69) is 15.0 Å². The van der Waals surface area contributed by atoms with Crippen LogP contribution >= 0.6 is 0 Å². The monoisotopic (exact) mass is 265 g/mol. The summed E-state index contributed by atoms with van der Waals surface area (Å²) in [6.45, 7) is -0.168. The van der Waals surface area contributed by atoms with E-state index in [4.69, 9.17) is 5.73 Å². The maximum Gasteiger partial charge on any atom is 0.165 e. The first-order valence-corrected chi connectivity index (χ1v) is 6.03. The third-order valence-corrected chi connectivity index (χ3v) is 3.75. The van der Waals surface area contributed by atoms with Crippen LogP contribution in [-0.2, 0) is 0 Å². The van der Waals surface area contributed by atoms with Crippen LogP contribution in [0.1, 0.15) is 12.5 Å². The van der Waals surface area contributed by atoms with Crippen LogP contribution in [0, 0.1) is 5.92 Å².